The van der Waals surface area contributed by atoms with Crippen LogP contribution in [0.25, 0.3) is 0 Å². The van der Waals surface area contributed by atoms with Crippen molar-refractivity contribution in [1.82, 2.24) is 0 Å². The zero-order valence-corrected chi connectivity index (χ0v) is 9.62. The van der Waals surface area contributed by atoms with Gasteiger partial charge < -0.3 is 4.74 Å². The van der Waals surface area contributed by atoms with Gasteiger partial charge in [-0.2, -0.15) is 0 Å². The Morgan fingerprint density at radius 3 is 1.00 bits per heavy atom. The van der Waals surface area contributed by atoms with Crippen LogP contribution < -0.4 is 0 Å². The third-order valence-corrected chi connectivity index (χ3v) is 0.408. The van der Waals surface area contributed by atoms with Gasteiger partial charge in [0.2, 0.25) is 0 Å². The normalized spacial score (nSPS) is 3.82. The van der Waals surface area contributed by atoms with Crippen LogP contribution in [0.1, 0.15) is 13.8 Å². The molecule has 0 unspecified atom stereocenters. The molecule has 0 aromatic rings. The zero-order chi connectivity index (χ0) is 4.12. The Kier molecular flexibility index (Phi) is 302. The maximum absolute atomic E-state index is 4.83. The number of hydrogen-bond donors (Lipinski definition) is 0. The predicted molar refractivity (Wildman–Crippen MR) is 73.3 cm³/mol. The molecule has 0 aromatic carbocycles. The Morgan fingerprint density at radius 1 is 0.818 bits per heavy atom. The largest absolute Gasteiger partial charge is 2.00 e. The van der Waals surface area contributed by atoms with Crippen LogP contribution in [0, 0.1) is 0 Å². The summed E-state index contributed by atoms with van der Waals surface area (Å²) >= 11 is 0. The summed E-state index contributed by atoms with van der Waals surface area (Å²) in [6.07, 6.45) is 0. The minimum absolute atomic E-state index is 0. The maximum Gasteiger partial charge on any atom is 2.00 e. The molecule has 0 rings (SSSR count). The van der Waals surface area contributed by atoms with E-state index in [0.29, 0.717) is 0 Å². The van der Waals surface area contributed by atoms with Crippen molar-refractivity contribution in [1.29, 1.82) is 0 Å². The Bertz CT molecular complexity index is 29.6. The first-order chi connectivity index (χ1) is 2.41. The van der Waals surface area contributed by atoms with Gasteiger partial charge in [-0.3, -0.25) is 0 Å². The predicted octanol–water partition coefficient (Wildman–Crippen LogP) is -5.15. The van der Waals surface area contributed by atoms with Crippen molar-refractivity contribution in [3.8, 4) is 0 Å². The molecule has 0 radical (unpaired) electrons. The molecule has 0 aliphatic carbocycles. The summed E-state index contributed by atoms with van der Waals surface area (Å²) in [5.74, 6) is 0. The van der Waals surface area contributed by atoms with Crippen molar-refractivity contribution in [3.05, 3.63) is 0 Å². The van der Waals surface area contributed by atoms with Crippen molar-refractivity contribution in [3.63, 3.8) is 0 Å². The summed E-state index contributed by atoms with van der Waals surface area (Å²) in [5.41, 5.74) is 0. The van der Waals surface area contributed by atoms with Crippen molar-refractivity contribution in [2.24, 2.45) is 0 Å². The minimum atomic E-state index is 0. The van der Waals surface area contributed by atoms with Crippen LogP contribution in [-0.2, 0) is 24.2 Å². The van der Waals surface area contributed by atoms with Gasteiger partial charge in [-0.1, -0.05) is 33.7 Å². The standard InChI is InChI=1S/C4H10O.4BH4.Mg.Zn/c1-3-5-4-2;;;;;;/h3-4H2,1-2H3;4*1H4;;/q;4*-1;2*+2. The fourth-order valence-electron chi connectivity index (χ4n) is 0.204. The molecule has 7 heteroatoms. The average Bonchev–Trinajstić information content (AvgIpc) is 1.41. The van der Waals surface area contributed by atoms with Crippen LogP contribution in [0.15, 0.2) is 0 Å². The van der Waals surface area contributed by atoms with Crippen LogP contribution in [0.4, 0.5) is 0 Å². The summed E-state index contributed by atoms with van der Waals surface area (Å²) in [4.78, 5) is 0. The van der Waals surface area contributed by atoms with E-state index in [2.05, 4.69) is 0 Å². The van der Waals surface area contributed by atoms with Gasteiger partial charge in [0, 0.05) is 13.2 Å². The van der Waals surface area contributed by atoms with Crippen molar-refractivity contribution in [2.45, 2.75) is 13.8 Å². The molecule has 0 aliphatic rings. The van der Waals surface area contributed by atoms with Crippen LogP contribution in [0.3, 0.4) is 0 Å². The van der Waals surface area contributed by atoms with Crippen molar-refractivity contribution >= 4 is 56.7 Å². The molecule has 0 heterocycles. The van der Waals surface area contributed by atoms with Gasteiger partial charge in [0.15, 0.2) is 0 Å². The second-order valence-electron chi connectivity index (χ2n) is 0.781. The van der Waals surface area contributed by atoms with Gasteiger partial charge in [0.1, 0.15) is 0 Å². The number of rotatable bonds is 2. The molecule has 1 nitrogen and oxygen atoms in total. The quantitative estimate of drug-likeness (QED) is 0.425. The van der Waals surface area contributed by atoms with E-state index in [1.54, 1.807) is 0 Å². The molecule has 0 saturated carbocycles. The molecular formula is C4H26B4MgOZn. The molecule has 0 saturated heterocycles. The average molecular weight is 223 g/mol. The fourth-order valence-corrected chi connectivity index (χ4v) is 0.204. The number of hydrogen-bond acceptors (Lipinski definition) is 1. The summed E-state index contributed by atoms with van der Waals surface area (Å²) in [6, 6.07) is 0. The summed E-state index contributed by atoms with van der Waals surface area (Å²) in [6.45, 7) is 5.67. The third-order valence-electron chi connectivity index (χ3n) is 0.408. The van der Waals surface area contributed by atoms with Gasteiger partial charge in [0.05, 0.1) is 0 Å². The summed E-state index contributed by atoms with van der Waals surface area (Å²) in [5, 5.41) is 0. The van der Waals surface area contributed by atoms with E-state index in [1.165, 1.54) is 0 Å². The SMILES string of the molecule is CCOCC.[BH4-].[BH4-].[BH4-].[BH4-].[Mg+2].[Zn+2]. The first-order valence-electron chi connectivity index (χ1n) is 1.99. The first kappa shape index (κ1) is 54.0. The Hall–Kier alpha value is 1.61. The topological polar surface area (TPSA) is 9.23 Å². The van der Waals surface area contributed by atoms with Crippen LogP contribution >= 0.6 is 0 Å². The monoisotopic (exact) mass is 222 g/mol. The molecule has 0 aromatic heterocycles. The third kappa shape index (κ3) is 82.3. The molecule has 0 bridgehead atoms. The molecule has 0 atom stereocenters. The van der Waals surface area contributed by atoms with Gasteiger partial charge in [-0.25, -0.2) is 0 Å². The van der Waals surface area contributed by atoms with E-state index >= 15 is 0 Å². The molecule has 0 amide bonds. The molecule has 11 heavy (non-hydrogen) atoms. The van der Waals surface area contributed by atoms with Gasteiger partial charge in [0.25, 0.3) is 0 Å². The van der Waals surface area contributed by atoms with Crippen LogP contribution in [0.2, 0.25) is 0 Å². The smallest absolute Gasteiger partial charge is 0.382 e. The molecule has 0 fully saturated rings. The van der Waals surface area contributed by atoms with Crippen LogP contribution in [-0.4, -0.2) is 69.9 Å². The first-order valence-corrected chi connectivity index (χ1v) is 1.99. The molecule has 0 aliphatic heterocycles. The molecule has 64 valence electrons. The summed E-state index contributed by atoms with van der Waals surface area (Å²) < 4.78 is 4.83. The van der Waals surface area contributed by atoms with Gasteiger partial charge >= 0.3 is 42.5 Å². The Labute approximate surface area is 107 Å². The Morgan fingerprint density at radius 2 is 1.00 bits per heavy atom. The molecular weight excluding hydrogens is 197 g/mol. The second kappa shape index (κ2) is 61.5. The summed E-state index contributed by atoms with van der Waals surface area (Å²) in [7, 11) is 0. The molecule has 0 spiro atoms. The van der Waals surface area contributed by atoms with E-state index in [-0.39, 0.29) is 76.2 Å². The fraction of sp³-hybridized carbons (Fsp3) is 1.00. The number of ether oxygens (including phenoxy) is 1. The maximum atomic E-state index is 4.83. The van der Waals surface area contributed by atoms with E-state index in [1.807, 2.05) is 13.8 Å². The Balaban J connectivity index is -0.00000000533. The minimum Gasteiger partial charge on any atom is -0.382 e. The van der Waals surface area contributed by atoms with Crippen LogP contribution in [0.5, 0.6) is 0 Å². The van der Waals surface area contributed by atoms with Crippen molar-refractivity contribution < 1.29 is 24.2 Å². The van der Waals surface area contributed by atoms with E-state index in [4.69, 9.17) is 4.74 Å². The van der Waals surface area contributed by atoms with Crippen molar-refractivity contribution in [2.75, 3.05) is 13.2 Å². The zero-order valence-electron chi connectivity index (χ0n) is 5.24. The van der Waals surface area contributed by atoms with Gasteiger partial charge in [-0.05, 0) is 13.8 Å². The van der Waals surface area contributed by atoms with Gasteiger partial charge in [-0.15, -0.1) is 0 Å². The van der Waals surface area contributed by atoms with E-state index in [0.717, 1.165) is 13.2 Å². The van der Waals surface area contributed by atoms with E-state index in [9.17, 15) is 0 Å². The second-order valence-corrected chi connectivity index (χ2v) is 0.781. The molecule has 0 N–H and O–H groups in total. The van der Waals surface area contributed by atoms with E-state index < -0.39 is 0 Å².